The summed E-state index contributed by atoms with van der Waals surface area (Å²) < 4.78 is 46.4. The number of benzene rings is 2. The first-order valence-corrected chi connectivity index (χ1v) is 19.1. The molecule has 3 aromatic rings. The van der Waals surface area contributed by atoms with Gasteiger partial charge in [0.2, 0.25) is 5.91 Å². The molecule has 0 radical (unpaired) electrons. The number of aliphatic imine (C=N–C) groups is 1. The fourth-order valence-electron chi connectivity index (χ4n) is 5.45. The Bertz CT molecular complexity index is 1640. The minimum absolute atomic E-state index is 0.121. The van der Waals surface area contributed by atoms with E-state index in [0.29, 0.717) is 134 Å². The van der Waals surface area contributed by atoms with Crippen molar-refractivity contribution in [2.75, 3.05) is 112 Å². The van der Waals surface area contributed by atoms with E-state index in [-0.39, 0.29) is 18.9 Å². The van der Waals surface area contributed by atoms with Crippen molar-refractivity contribution in [1.82, 2.24) is 25.4 Å². The van der Waals surface area contributed by atoms with Gasteiger partial charge >= 0.3 is 6.09 Å². The summed E-state index contributed by atoms with van der Waals surface area (Å²) in [7, 11) is 0. The lowest BCUT2D eigenvalue weighted by Crippen LogP contribution is -2.25. The Morgan fingerprint density at radius 1 is 0.732 bits per heavy atom. The Balaban J connectivity index is 1.07. The molecule has 0 aliphatic carbocycles. The van der Waals surface area contributed by atoms with E-state index in [4.69, 9.17) is 59.6 Å². The predicted molar refractivity (Wildman–Crippen MR) is 206 cm³/mol. The number of aryl methyl sites for hydroxylation is 1. The van der Waals surface area contributed by atoms with Crippen LogP contribution in [0.1, 0.15) is 42.2 Å². The quantitative estimate of drug-likeness (QED) is 0.0865. The zero-order valence-corrected chi connectivity index (χ0v) is 32.8. The van der Waals surface area contributed by atoms with Gasteiger partial charge in [0.15, 0.2) is 5.82 Å². The summed E-state index contributed by atoms with van der Waals surface area (Å²) >= 11 is 6.22. The number of ether oxygens (including phenoxy) is 8. The highest BCUT2D eigenvalue weighted by Crippen LogP contribution is 2.34. The lowest BCUT2D eigenvalue weighted by molar-refractivity contribution is -0.121. The van der Waals surface area contributed by atoms with E-state index in [1.165, 1.54) is 0 Å². The van der Waals surface area contributed by atoms with Crippen LogP contribution in [0, 0.1) is 6.92 Å². The van der Waals surface area contributed by atoms with Crippen molar-refractivity contribution in [3.05, 3.63) is 70.3 Å². The third-order valence-corrected chi connectivity index (χ3v) is 8.27. The predicted octanol–water partition coefficient (Wildman–Crippen LogP) is 3.41. The van der Waals surface area contributed by atoms with Crippen LogP contribution >= 0.6 is 11.6 Å². The van der Waals surface area contributed by atoms with Crippen molar-refractivity contribution < 1.29 is 52.6 Å². The number of carboxylic acid groups (broad SMARTS) is 1. The number of fused-ring (bicyclic) bond motifs is 3. The van der Waals surface area contributed by atoms with E-state index in [1.807, 2.05) is 60.9 Å². The number of nitrogens with one attached hydrogen (secondary N) is 2. The van der Waals surface area contributed by atoms with Gasteiger partial charge in [0.05, 0.1) is 110 Å². The average Bonchev–Trinajstić information content (AvgIpc) is 3.51. The molecule has 2 amide bonds. The SMILES string of the molecule is CCNC(=O)C[C@@H]1N=C(c2ccc(Cl)cc2)c2cc(OCCOCCOCCOCCOCCOCCOCCOCCNC(=O)O)ccc2-n2c(C)nnc21. The van der Waals surface area contributed by atoms with Crippen LogP contribution in [0.5, 0.6) is 5.75 Å². The Labute approximate surface area is 331 Å². The van der Waals surface area contributed by atoms with E-state index in [0.717, 1.165) is 16.8 Å². The van der Waals surface area contributed by atoms with Gasteiger partial charge in [0.25, 0.3) is 0 Å². The van der Waals surface area contributed by atoms with Crippen molar-refractivity contribution in [2.24, 2.45) is 4.99 Å². The van der Waals surface area contributed by atoms with Crippen molar-refractivity contribution in [3.63, 3.8) is 0 Å². The first-order valence-electron chi connectivity index (χ1n) is 18.7. The molecule has 2 heterocycles. The molecule has 4 rings (SSSR count). The molecule has 0 spiro atoms. The molecular formula is C38H53ClN6O11. The second kappa shape index (κ2) is 25.9. The smallest absolute Gasteiger partial charge is 0.404 e. The highest BCUT2D eigenvalue weighted by molar-refractivity contribution is 6.30. The number of hydrogen-bond acceptors (Lipinski definition) is 13. The zero-order valence-electron chi connectivity index (χ0n) is 32.0. The van der Waals surface area contributed by atoms with E-state index in [2.05, 4.69) is 20.8 Å². The third kappa shape index (κ3) is 15.7. The van der Waals surface area contributed by atoms with Crippen LogP contribution in [-0.4, -0.2) is 150 Å². The van der Waals surface area contributed by atoms with Gasteiger partial charge in [-0.3, -0.25) is 14.4 Å². The summed E-state index contributed by atoms with van der Waals surface area (Å²) in [6, 6.07) is 12.7. The molecule has 1 aliphatic heterocycles. The summed E-state index contributed by atoms with van der Waals surface area (Å²) in [4.78, 5) is 28.1. The van der Waals surface area contributed by atoms with Crippen LogP contribution in [-0.2, 0) is 38.0 Å². The zero-order chi connectivity index (χ0) is 39.8. The molecule has 0 saturated heterocycles. The molecule has 17 nitrogen and oxygen atoms in total. The first kappa shape index (κ1) is 44.5. The lowest BCUT2D eigenvalue weighted by atomic mass is 10.00. The van der Waals surface area contributed by atoms with Gasteiger partial charge in [0, 0.05) is 29.2 Å². The summed E-state index contributed by atoms with van der Waals surface area (Å²) in [6.07, 6.45) is -0.946. The van der Waals surface area contributed by atoms with Crippen molar-refractivity contribution in [1.29, 1.82) is 0 Å². The number of carbonyl (C=O) groups excluding carboxylic acids is 1. The number of amides is 2. The lowest BCUT2D eigenvalue weighted by Gasteiger charge is -2.15. The Morgan fingerprint density at radius 2 is 1.27 bits per heavy atom. The fourth-order valence-corrected chi connectivity index (χ4v) is 5.58. The fraction of sp³-hybridized carbons (Fsp3) is 0.553. The van der Waals surface area contributed by atoms with Gasteiger partial charge in [-0.2, -0.15) is 0 Å². The second-order valence-corrected chi connectivity index (χ2v) is 12.6. The molecule has 0 saturated carbocycles. The number of nitrogens with zero attached hydrogens (tertiary/aromatic N) is 4. The van der Waals surface area contributed by atoms with Gasteiger partial charge in [-0.05, 0) is 44.2 Å². The van der Waals surface area contributed by atoms with Crippen LogP contribution in [0.15, 0.2) is 47.5 Å². The molecule has 1 atom stereocenters. The molecule has 1 aliphatic rings. The molecule has 2 aromatic carbocycles. The molecule has 0 fully saturated rings. The Morgan fingerprint density at radius 3 is 1.80 bits per heavy atom. The maximum atomic E-state index is 12.7. The van der Waals surface area contributed by atoms with Crippen LogP contribution in [0.25, 0.3) is 5.69 Å². The molecule has 308 valence electrons. The normalized spacial score (nSPS) is 13.4. The van der Waals surface area contributed by atoms with Gasteiger partial charge in [-0.25, -0.2) is 4.79 Å². The summed E-state index contributed by atoms with van der Waals surface area (Å²) in [5, 5.41) is 22.9. The highest BCUT2D eigenvalue weighted by atomic mass is 35.5. The monoisotopic (exact) mass is 804 g/mol. The van der Waals surface area contributed by atoms with Gasteiger partial charge < -0.3 is 53.6 Å². The number of aromatic nitrogens is 3. The number of hydrogen-bond donors (Lipinski definition) is 3. The minimum Gasteiger partial charge on any atom is -0.491 e. The number of carbonyl (C=O) groups is 2. The number of rotatable bonds is 29. The summed E-state index contributed by atoms with van der Waals surface area (Å²) in [5.74, 6) is 1.80. The molecule has 3 N–H and O–H groups in total. The average molecular weight is 805 g/mol. The maximum absolute atomic E-state index is 12.7. The van der Waals surface area contributed by atoms with Crippen molar-refractivity contribution in [2.45, 2.75) is 26.3 Å². The Hall–Kier alpha value is -4.20. The molecule has 0 bridgehead atoms. The van der Waals surface area contributed by atoms with E-state index in [9.17, 15) is 9.59 Å². The summed E-state index contributed by atoms with van der Waals surface area (Å²) in [6.45, 7) is 10.8. The first-order chi connectivity index (χ1) is 27.4. The highest BCUT2D eigenvalue weighted by Gasteiger charge is 2.30. The molecule has 0 unspecified atom stereocenters. The van der Waals surface area contributed by atoms with Crippen LogP contribution < -0.4 is 15.4 Å². The standard InChI is InChI=1S/C38H53ClN6O11/c1-3-40-35(46)27-33-37-44-43-28(2)45(37)34-9-8-31(26-32(34)36(42-33)29-4-6-30(39)7-5-29)56-25-24-55-23-22-54-21-20-53-19-18-52-17-16-51-15-14-50-13-12-49-11-10-41-38(47)48/h4-9,26,33,41H,3,10-25,27H2,1-2H3,(H,40,46)(H,47,48)/t33-/m0/s1. The number of halogens is 1. The minimum atomic E-state index is -1.07. The Kier molecular flexibility index (Phi) is 20.6. The molecular weight excluding hydrogens is 752 g/mol. The van der Waals surface area contributed by atoms with Gasteiger partial charge in [-0.15, -0.1) is 10.2 Å². The van der Waals surface area contributed by atoms with Gasteiger partial charge in [-0.1, -0.05) is 23.7 Å². The van der Waals surface area contributed by atoms with Crippen LogP contribution in [0.4, 0.5) is 4.79 Å². The van der Waals surface area contributed by atoms with E-state index < -0.39 is 12.1 Å². The van der Waals surface area contributed by atoms with Crippen molar-refractivity contribution in [3.8, 4) is 11.4 Å². The molecule has 18 heteroatoms. The summed E-state index contributed by atoms with van der Waals surface area (Å²) in [5.41, 5.74) is 3.19. The van der Waals surface area contributed by atoms with Crippen LogP contribution in [0.2, 0.25) is 5.02 Å². The topological polar surface area (TPSA) is 195 Å². The third-order valence-electron chi connectivity index (χ3n) is 8.02. The molecule has 1 aromatic heterocycles. The van der Waals surface area contributed by atoms with Crippen LogP contribution in [0.3, 0.4) is 0 Å². The van der Waals surface area contributed by atoms with Crippen molar-refractivity contribution >= 4 is 29.3 Å². The largest absolute Gasteiger partial charge is 0.491 e. The van der Waals surface area contributed by atoms with Gasteiger partial charge in [0.1, 0.15) is 24.2 Å². The maximum Gasteiger partial charge on any atom is 0.404 e. The van der Waals surface area contributed by atoms with E-state index >= 15 is 0 Å². The van der Waals surface area contributed by atoms with E-state index in [1.54, 1.807) is 0 Å². The second-order valence-electron chi connectivity index (χ2n) is 12.1. The molecule has 56 heavy (non-hydrogen) atoms.